The summed E-state index contributed by atoms with van der Waals surface area (Å²) in [6, 6.07) is 6.12. The molecule has 0 saturated heterocycles. The second-order valence-corrected chi connectivity index (χ2v) is 2.93. The molecular formula is C10H7NO4. The number of carboxylic acids is 1. The Hall–Kier alpha value is -2.30. The van der Waals surface area contributed by atoms with Crippen LogP contribution >= 0.6 is 0 Å². The van der Waals surface area contributed by atoms with Crippen LogP contribution in [0.5, 0.6) is 5.75 Å². The summed E-state index contributed by atoms with van der Waals surface area (Å²) in [5.41, 5.74) is 0.884. The number of benzene rings is 1. The van der Waals surface area contributed by atoms with Crippen molar-refractivity contribution in [2.45, 2.75) is 0 Å². The van der Waals surface area contributed by atoms with E-state index >= 15 is 0 Å². The fourth-order valence-corrected chi connectivity index (χ4v) is 1.24. The van der Waals surface area contributed by atoms with Crippen molar-refractivity contribution in [1.82, 2.24) is 5.16 Å². The Morgan fingerprint density at radius 1 is 1.27 bits per heavy atom. The molecule has 1 heterocycles. The number of phenols is 1. The molecule has 0 aliphatic carbocycles. The Labute approximate surface area is 84.6 Å². The van der Waals surface area contributed by atoms with Gasteiger partial charge >= 0.3 is 5.97 Å². The molecule has 1 aromatic heterocycles. The molecule has 2 aromatic rings. The standard InChI is InChI=1S/C10H7NO4/c12-7-3-1-6(2-4-7)8-5-15-11-9(8)10(13)14/h1-5,12H,(H,13,14). The fraction of sp³-hybridized carbons (Fsp3) is 0. The number of nitrogens with zero attached hydrogens (tertiary/aromatic N) is 1. The van der Waals surface area contributed by atoms with Crippen molar-refractivity contribution in [2.24, 2.45) is 0 Å². The largest absolute Gasteiger partial charge is 0.508 e. The predicted octanol–water partition coefficient (Wildman–Crippen LogP) is 1.75. The van der Waals surface area contributed by atoms with E-state index in [0.717, 1.165) is 0 Å². The molecule has 1 aromatic carbocycles. The van der Waals surface area contributed by atoms with Crippen molar-refractivity contribution in [3.05, 3.63) is 36.2 Å². The highest BCUT2D eigenvalue weighted by Crippen LogP contribution is 2.24. The fourth-order valence-electron chi connectivity index (χ4n) is 1.24. The van der Waals surface area contributed by atoms with Crippen LogP contribution in [0.2, 0.25) is 0 Å². The van der Waals surface area contributed by atoms with E-state index in [2.05, 4.69) is 9.68 Å². The topological polar surface area (TPSA) is 83.6 Å². The van der Waals surface area contributed by atoms with Gasteiger partial charge in [0.15, 0.2) is 5.69 Å². The molecule has 5 heteroatoms. The van der Waals surface area contributed by atoms with Crippen LogP contribution < -0.4 is 0 Å². The van der Waals surface area contributed by atoms with Gasteiger partial charge in [-0.25, -0.2) is 4.79 Å². The summed E-state index contributed by atoms with van der Waals surface area (Å²) in [5, 5.41) is 21.3. The zero-order chi connectivity index (χ0) is 10.8. The Balaban J connectivity index is 2.49. The number of phenolic OH excluding ortho intramolecular Hbond substituents is 1. The van der Waals surface area contributed by atoms with Crippen molar-refractivity contribution in [1.29, 1.82) is 0 Å². The molecule has 0 spiro atoms. The van der Waals surface area contributed by atoms with E-state index in [0.29, 0.717) is 11.1 Å². The number of hydrogen-bond acceptors (Lipinski definition) is 4. The monoisotopic (exact) mass is 205 g/mol. The van der Waals surface area contributed by atoms with Gasteiger partial charge in [-0.1, -0.05) is 17.3 Å². The summed E-state index contributed by atoms with van der Waals surface area (Å²) in [6.07, 6.45) is 1.26. The average molecular weight is 205 g/mol. The van der Waals surface area contributed by atoms with Gasteiger partial charge in [-0.05, 0) is 17.7 Å². The minimum Gasteiger partial charge on any atom is -0.508 e. The molecule has 0 radical (unpaired) electrons. The molecule has 0 atom stereocenters. The summed E-state index contributed by atoms with van der Waals surface area (Å²) in [6.45, 7) is 0. The molecular weight excluding hydrogens is 198 g/mol. The molecule has 0 amide bonds. The SMILES string of the molecule is O=C(O)c1nocc1-c1ccc(O)cc1. The Bertz CT molecular complexity index is 486. The third kappa shape index (κ3) is 1.67. The molecule has 15 heavy (non-hydrogen) atoms. The number of hydrogen-bond donors (Lipinski definition) is 2. The maximum Gasteiger partial charge on any atom is 0.358 e. The first-order chi connectivity index (χ1) is 7.18. The van der Waals surface area contributed by atoms with Crippen molar-refractivity contribution in [3.63, 3.8) is 0 Å². The van der Waals surface area contributed by atoms with Crippen molar-refractivity contribution in [2.75, 3.05) is 0 Å². The highest BCUT2D eigenvalue weighted by atomic mass is 16.5. The molecule has 2 N–H and O–H groups in total. The van der Waals surface area contributed by atoms with Crippen LogP contribution in [0.15, 0.2) is 35.1 Å². The summed E-state index contributed by atoms with van der Waals surface area (Å²) >= 11 is 0. The first kappa shape index (κ1) is 9.26. The maximum absolute atomic E-state index is 10.8. The number of rotatable bonds is 2. The molecule has 76 valence electrons. The zero-order valence-corrected chi connectivity index (χ0v) is 7.54. The Morgan fingerprint density at radius 2 is 1.93 bits per heavy atom. The zero-order valence-electron chi connectivity index (χ0n) is 7.54. The van der Waals surface area contributed by atoms with Crippen LogP contribution in [0.25, 0.3) is 11.1 Å². The van der Waals surface area contributed by atoms with Crippen LogP contribution in [0.1, 0.15) is 10.5 Å². The first-order valence-corrected chi connectivity index (χ1v) is 4.15. The average Bonchev–Trinajstić information content (AvgIpc) is 2.67. The van der Waals surface area contributed by atoms with E-state index in [1.54, 1.807) is 12.1 Å². The van der Waals surface area contributed by atoms with E-state index in [1.165, 1.54) is 18.4 Å². The highest BCUT2D eigenvalue weighted by molar-refractivity contribution is 5.93. The third-order valence-corrected chi connectivity index (χ3v) is 1.95. The first-order valence-electron chi connectivity index (χ1n) is 4.15. The van der Waals surface area contributed by atoms with Gasteiger partial charge in [0, 0.05) is 0 Å². The van der Waals surface area contributed by atoms with Crippen molar-refractivity contribution >= 4 is 5.97 Å². The van der Waals surface area contributed by atoms with E-state index in [1.807, 2.05) is 0 Å². The van der Waals surface area contributed by atoms with E-state index < -0.39 is 5.97 Å². The van der Waals surface area contributed by atoms with Crippen LogP contribution in [-0.2, 0) is 0 Å². The van der Waals surface area contributed by atoms with E-state index in [4.69, 9.17) is 10.2 Å². The minimum atomic E-state index is -1.15. The van der Waals surface area contributed by atoms with Gasteiger partial charge in [0.05, 0.1) is 5.56 Å². The lowest BCUT2D eigenvalue weighted by Gasteiger charge is -1.97. The molecule has 2 rings (SSSR count). The second kappa shape index (κ2) is 3.45. The van der Waals surface area contributed by atoms with Crippen LogP contribution in [0, 0.1) is 0 Å². The van der Waals surface area contributed by atoms with Gasteiger partial charge in [-0.15, -0.1) is 0 Å². The Kier molecular flexibility index (Phi) is 2.13. The predicted molar refractivity (Wildman–Crippen MR) is 50.6 cm³/mol. The van der Waals surface area contributed by atoms with Crippen LogP contribution in [-0.4, -0.2) is 21.3 Å². The van der Waals surface area contributed by atoms with Gasteiger partial charge in [-0.2, -0.15) is 0 Å². The van der Waals surface area contributed by atoms with Gasteiger partial charge in [0.1, 0.15) is 12.0 Å². The van der Waals surface area contributed by atoms with Gasteiger partial charge < -0.3 is 14.7 Å². The van der Waals surface area contributed by atoms with Gasteiger partial charge in [-0.3, -0.25) is 0 Å². The normalized spacial score (nSPS) is 10.1. The lowest BCUT2D eigenvalue weighted by Crippen LogP contribution is -1.98. The lowest BCUT2D eigenvalue weighted by atomic mass is 10.1. The van der Waals surface area contributed by atoms with Gasteiger partial charge in [0.25, 0.3) is 0 Å². The maximum atomic E-state index is 10.8. The Morgan fingerprint density at radius 3 is 2.53 bits per heavy atom. The van der Waals surface area contributed by atoms with Crippen molar-refractivity contribution in [3.8, 4) is 16.9 Å². The summed E-state index contributed by atoms with van der Waals surface area (Å²) in [7, 11) is 0. The van der Waals surface area contributed by atoms with E-state index in [9.17, 15) is 4.79 Å². The molecule has 0 aliphatic rings. The number of carbonyl (C=O) groups is 1. The lowest BCUT2D eigenvalue weighted by molar-refractivity contribution is 0.0686. The molecule has 0 fully saturated rings. The quantitative estimate of drug-likeness (QED) is 0.780. The number of aromatic hydroxyl groups is 1. The van der Waals surface area contributed by atoms with E-state index in [-0.39, 0.29) is 11.4 Å². The highest BCUT2D eigenvalue weighted by Gasteiger charge is 2.16. The molecule has 0 bridgehead atoms. The van der Waals surface area contributed by atoms with Crippen LogP contribution in [0.4, 0.5) is 0 Å². The van der Waals surface area contributed by atoms with Gasteiger partial charge in [0.2, 0.25) is 0 Å². The number of carboxylic acid groups (broad SMARTS) is 1. The van der Waals surface area contributed by atoms with Crippen molar-refractivity contribution < 1.29 is 19.5 Å². The smallest absolute Gasteiger partial charge is 0.358 e. The second-order valence-electron chi connectivity index (χ2n) is 2.93. The number of aromatic carboxylic acids is 1. The molecule has 0 aliphatic heterocycles. The summed E-state index contributed by atoms with van der Waals surface area (Å²) in [4.78, 5) is 10.8. The number of aromatic nitrogens is 1. The molecule has 5 nitrogen and oxygen atoms in total. The summed E-state index contributed by atoms with van der Waals surface area (Å²) in [5.74, 6) is -1.03. The third-order valence-electron chi connectivity index (χ3n) is 1.95. The minimum absolute atomic E-state index is 0.118. The van der Waals surface area contributed by atoms with Crippen LogP contribution in [0.3, 0.4) is 0 Å². The summed E-state index contributed by atoms with van der Waals surface area (Å²) < 4.78 is 4.60. The molecule has 0 saturated carbocycles. The molecule has 0 unspecified atom stereocenters.